The number of hydrogen-bond donors (Lipinski definition) is 1. The minimum Gasteiger partial charge on any atom is -0.339 e. The molecule has 21 heavy (non-hydrogen) atoms. The van der Waals surface area contributed by atoms with Gasteiger partial charge in [-0.15, -0.1) is 11.6 Å². The van der Waals surface area contributed by atoms with E-state index < -0.39 is 10.0 Å². The first-order chi connectivity index (χ1) is 10.00. The smallest absolute Gasteiger partial charge is 0.225 e. The molecular formula is C13H21ClN4O2S. The second-order valence-corrected chi connectivity index (χ2v) is 7.60. The Hall–Kier alpha value is -0.920. The van der Waals surface area contributed by atoms with Crippen LogP contribution in [-0.4, -0.2) is 49.1 Å². The molecule has 2 atom stereocenters. The average molecular weight is 333 g/mol. The van der Waals surface area contributed by atoms with Crippen molar-refractivity contribution in [3.05, 3.63) is 18.5 Å². The minimum absolute atomic E-state index is 0.0543. The van der Waals surface area contributed by atoms with E-state index in [0.717, 1.165) is 19.4 Å². The summed E-state index contributed by atoms with van der Waals surface area (Å²) in [5.41, 5.74) is 0. The highest BCUT2D eigenvalue weighted by Crippen LogP contribution is 2.16. The number of alkyl halides is 1. The summed E-state index contributed by atoms with van der Waals surface area (Å²) >= 11 is 5.69. The zero-order valence-corrected chi connectivity index (χ0v) is 13.6. The van der Waals surface area contributed by atoms with Crippen LogP contribution in [0.2, 0.25) is 0 Å². The molecule has 0 aliphatic carbocycles. The lowest BCUT2D eigenvalue weighted by Crippen LogP contribution is -2.49. The van der Waals surface area contributed by atoms with Gasteiger partial charge in [0.25, 0.3) is 0 Å². The Morgan fingerprint density at radius 2 is 2.19 bits per heavy atom. The molecule has 0 spiro atoms. The van der Waals surface area contributed by atoms with Gasteiger partial charge in [-0.25, -0.2) is 23.1 Å². The maximum absolute atomic E-state index is 12.1. The average Bonchev–Trinajstić information content (AvgIpc) is 2.47. The lowest BCUT2D eigenvalue weighted by molar-refractivity contribution is 0.459. The first-order valence-corrected chi connectivity index (χ1v) is 9.27. The molecule has 0 saturated carbocycles. The van der Waals surface area contributed by atoms with Crippen LogP contribution in [0.25, 0.3) is 0 Å². The number of nitrogens with one attached hydrogen (secondary N) is 1. The zero-order valence-electron chi connectivity index (χ0n) is 12.1. The van der Waals surface area contributed by atoms with Gasteiger partial charge in [-0.3, -0.25) is 0 Å². The molecule has 0 amide bonds. The number of hydrogen-bond acceptors (Lipinski definition) is 5. The van der Waals surface area contributed by atoms with Gasteiger partial charge in [0.2, 0.25) is 16.0 Å². The standard InChI is InChI=1S/C13H21ClN4O2S/c1-11(8-14)10-21(19,20)17-12-4-2-7-18(9-12)13-15-5-3-6-16-13/h3,5-6,11-12,17H,2,4,7-10H2,1H3. The molecule has 2 heterocycles. The maximum atomic E-state index is 12.1. The van der Waals surface area contributed by atoms with Crippen molar-refractivity contribution < 1.29 is 8.42 Å². The predicted molar refractivity (Wildman–Crippen MR) is 84.1 cm³/mol. The van der Waals surface area contributed by atoms with E-state index in [1.54, 1.807) is 18.5 Å². The van der Waals surface area contributed by atoms with Crippen LogP contribution in [0.5, 0.6) is 0 Å². The largest absolute Gasteiger partial charge is 0.339 e. The van der Waals surface area contributed by atoms with E-state index in [-0.39, 0.29) is 17.7 Å². The monoisotopic (exact) mass is 332 g/mol. The van der Waals surface area contributed by atoms with Crippen LogP contribution in [0.1, 0.15) is 19.8 Å². The Labute approximate surface area is 131 Å². The topological polar surface area (TPSA) is 75.2 Å². The van der Waals surface area contributed by atoms with Gasteiger partial charge in [-0.2, -0.15) is 0 Å². The van der Waals surface area contributed by atoms with Crippen molar-refractivity contribution in [2.45, 2.75) is 25.8 Å². The maximum Gasteiger partial charge on any atom is 0.225 e. The lowest BCUT2D eigenvalue weighted by Gasteiger charge is -2.33. The molecule has 1 aromatic heterocycles. The summed E-state index contributed by atoms with van der Waals surface area (Å²) in [5, 5.41) is 0. The highest BCUT2D eigenvalue weighted by atomic mass is 35.5. The molecule has 0 radical (unpaired) electrons. The molecule has 1 aliphatic rings. The van der Waals surface area contributed by atoms with Gasteiger partial charge in [0, 0.05) is 37.4 Å². The van der Waals surface area contributed by atoms with Crippen LogP contribution < -0.4 is 9.62 Å². The van der Waals surface area contributed by atoms with Crippen molar-refractivity contribution in [1.82, 2.24) is 14.7 Å². The van der Waals surface area contributed by atoms with E-state index in [2.05, 4.69) is 14.7 Å². The van der Waals surface area contributed by atoms with Gasteiger partial charge in [0.05, 0.1) is 5.75 Å². The molecular weight excluding hydrogens is 312 g/mol. The van der Waals surface area contributed by atoms with Crippen LogP contribution in [0, 0.1) is 5.92 Å². The van der Waals surface area contributed by atoms with Crippen molar-refractivity contribution in [2.24, 2.45) is 5.92 Å². The van der Waals surface area contributed by atoms with Crippen LogP contribution in [0.3, 0.4) is 0 Å². The fraction of sp³-hybridized carbons (Fsp3) is 0.692. The van der Waals surface area contributed by atoms with E-state index in [1.165, 1.54) is 0 Å². The van der Waals surface area contributed by atoms with E-state index in [1.807, 2.05) is 11.8 Å². The van der Waals surface area contributed by atoms with Crippen molar-refractivity contribution in [3.63, 3.8) is 0 Å². The third-order valence-corrected chi connectivity index (χ3v) is 5.60. The van der Waals surface area contributed by atoms with E-state index in [0.29, 0.717) is 18.4 Å². The van der Waals surface area contributed by atoms with Crippen LogP contribution in [0.15, 0.2) is 18.5 Å². The van der Waals surface area contributed by atoms with Crippen LogP contribution in [0.4, 0.5) is 5.95 Å². The van der Waals surface area contributed by atoms with Gasteiger partial charge in [-0.1, -0.05) is 6.92 Å². The van der Waals surface area contributed by atoms with Gasteiger partial charge >= 0.3 is 0 Å². The summed E-state index contributed by atoms with van der Waals surface area (Å²) in [4.78, 5) is 10.4. The number of aromatic nitrogens is 2. The molecule has 118 valence electrons. The Kier molecular flexibility index (Phi) is 5.78. The van der Waals surface area contributed by atoms with Crippen LogP contribution in [-0.2, 0) is 10.0 Å². The molecule has 0 bridgehead atoms. The first kappa shape index (κ1) is 16.5. The summed E-state index contributed by atoms with van der Waals surface area (Å²) < 4.78 is 27.0. The Morgan fingerprint density at radius 1 is 1.48 bits per heavy atom. The molecule has 8 heteroatoms. The van der Waals surface area contributed by atoms with Crippen molar-refractivity contribution in [3.8, 4) is 0 Å². The SMILES string of the molecule is CC(CCl)CS(=O)(=O)NC1CCCN(c2ncccn2)C1. The van der Waals surface area contributed by atoms with E-state index in [4.69, 9.17) is 11.6 Å². The molecule has 2 unspecified atom stereocenters. The van der Waals surface area contributed by atoms with Crippen LogP contribution >= 0.6 is 11.6 Å². The molecule has 1 N–H and O–H groups in total. The second-order valence-electron chi connectivity index (χ2n) is 5.49. The molecule has 1 aliphatic heterocycles. The van der Waals surface area contributed by atoms with Gasteiger partial charge in [-0.05, 0) is 24.8 Å². The fourth-order valence-corrected chi connectivity index (χ4v) is 4.33. The van der Waals surface area contributed by atoms with Crippen molar-refractivity contribution >= 4 is 27.6 Å². The highest BCUT2D eigenvalue weighted by Gasteiger charge is 2.26. The van der Waals surface area contributed by atoms with Gasteiger partial charge in [0.1, 0.15) is 0 Å². The highest BCUT2D eigenvalue weighted by molar-refractivity contribution is 7.89. The summed E-state index contributed by atoms with van der Waals surface area (Å²) in [5.74, 6) is 1.00. The third-order valence-electron chi connectivity index (χ3n) is 3.37. The summed E-state index contributed by atoms with van der Waals surface area (Å²) in [6.45, 7) is 3.27. The van der Waals surface area contributed by atoms with Gasteiger partial charge < -0.3 is 4.90 Å². The number of piperidine rings is 1. The third kappa shape index (κ3) is 5.09. The zero-order chi connectivity index (χ0) is 15.3. The predicted octanol–water partition coefficient (Wildman–Crippen LogP) is 1.24. The molecule has 0 aromatic carbocycles. The molecule has 2 rings (SSSR count). The van der Waals surface area contributed by atoms with Crippen molar-refractivity contribution in [1.29, 1.82) is 0 Å². The number of rotatable bonds is 6. The molecule has 1 saturated heterocycles. The van der Waals surface area contributed by atoms with Gasteiger partial charge in [0.15, 0.2) is 0 Å². The molecule has 1 fully saturated rings. The Balaban J connectivity index is 1.95. The number of sulfonamides is 1. The number of anilines is 1. The lowest BCUT2D eigenvalue weighted by atomic mass is 10.1. The summed E-state index contributed by atoms with van der Waals surface area (Å²) in [7, 11) is -3.30. The Morgan fingerprint density at radius 3 is 2.86 bits per heavy atom. The normalized spacial score (nSPS) is 21.2. The first-order valence-electron chi connectivity index (χ1n) is 7.08. The number of halogens is 1. The Bertz CT molecular complexity index is 540. The quantitative estimate of drug-likeness (QED) is 0.793. The molecule has 1 aromatic rings. The van der Waals surface area contributed by atoms with Crippen molar-refractivity contribution in [2.75, 3.05) is 29.6 Å². The second kappa shape index (κ2) is 7.38. The van der Waals surface area contributed by atoms with E-state index >= 15 is 0 Å². The molecule has 6 nitrogen and oxygen atoms in total. The fourth-order valence-electron chi connectivity index (χ4n) is 2.43. The summed E-state index contributed by atoms with van der Waals surface area (Å²) in [6, 6.07) is 1.66. The van der Waals surface area contributed by atoms with E-state index in [9.17, 15) is 8.42 Å². The minimum atomic E-state index is -3.30. The summed E-state index contributed by atoms with van der Waals surface area (Å²) in [6.07, 6.45) is 5.13. The number of nitrogens with zero attached hydrogens (tertiary/aromatic N) is 3.